The third-order valence-electron chi connectivity index (χ3n) is 2.95. The minimum atomic E-state index is -1.28. The SMILES string of the molecule is Cc1ccc(Oc2nc(C(=O)O)ccc2[N+](=O)[O-])cc1C. The number of aromatic carboxylic acids is 1. The van der Waals surface area contributed by atoms with Gasteiger partial charge in [-0.3, -0.25) is 10.1 Å². The number of carboxylic acids is 1. The maximum absolute atomic E-state index is 11.0. The number of aryl methyl sites for hydroxylation is 2. The number of carboxylic acid groups (broad SMARTS) is 1. The average Bonchev–Trinajstić information content (AvgIpc) is 2.42. The Labute approximate surface area is 120 Å². The molecule has 0 aliphatic carbocycles. The van der Waals surface area contributed by atoms with Crippen molar-refractivity contribution in [3.05, 3.63) is 57.3 Å². The summed E-state index contributed by atoms with van der Waals surface area (Å²) in [6, 6.07) is 7.27. The predicted octanol–water partition coefficient (Wildman–Crippen LogP) is 3.10. The van der Waals surface area contributed by atoms with Crippen LogP contribution in [0.4, 0.5) is 5.69 Å². The standard InChI is InChI=1S/C14H12N2O5/c1-8-3-4-10(7-9(8)2)21-13-12(16(19)20)6-5-11(15-13)14(17)18/h3-7H,1-2H3,(H,17,18). The lowest BCUT2D eigenvalue weighted by Gasteiger charge is -2.08. The number of hydrogen-bond donors (Lipinski definition) is 1. The topological polar surface area (TPSA) is 103 Å². The van der Waals surface area contributed by atoms with E-state index in [-0.39, 0.29) is 11.6 Å². The van der Waals surface area contributed by atoms with Crippen LogP contribution in [0.3, 0.4) is 0 Å². The number of rotatable bonds is 4. The number of carbonyl (C=O) groups is 1. The van der Waals surface area contributed by atoms with Gasteiger partial charge < -0.3 is 9.84 Å². The summed E-state index contributed by atoms with van der Waals surface area (Å²) >= 11 is 0. The Kier molecular flexibility index (Phi) is 3.84. The Hall–Kier alpha value is -2.96. The molecule has 108 valence electrons. The monoisotopic (exact) mass is 288 g/mol. The van der Waals surface area contributed by atoms with Crippen LogP contribution in [0.5, 0.6) is 11.6 Å². The second kappa shape index (κ2) is 5.58. The van der Waals surface area contributed by atoms with Gasteiger partial charge in [0.15, 0.2) is 5.69 Å². The predicted molar refractivity (Wildman–Crippen MR) is 73.8 cm³/mol. The molecule has 0 saturated carbocycles. The van der Waals surface area contributed by atoms with E-state index >= 15 is 0 Å². The third-order valence-corrected chi connectivity index (χ3v) is 2.95. The van der Waals surface area contributed by atoms with Gasteiger partial charge in [-0.1, -0.05) is 6.07 Å². The van der Waals surface area contributed by atoms with E-state index < -0.39 is 16.6 Å². The smallest absolute Gasteiger partial charge is 0.354 e. The van der Waals surface area contributed by atoms with E-state index in [1.165, 1.54) is 0 Å². The van der Waals surface area contributed by atoms with Gasteiger partial charge in [0.2, 0.25) is 0 Å². The van der Waals surface area contributed by atoms with Gasteiger partial charge in [0.25, 0.3) is 5.88 Å². The van der Waals surface area contributed by atoms with E-state index in [9.17, 15) is 14.9 Å². The highest BCUT2D eigenvalue weighted by Gasteiger charge is 2.20. The largest absolute Gasteiger partial charge is 0.477 e. The summed E-state index contributed by atoms with van der Waals surface area (Å²) in [5, 5.41) is 19.8. The Balaban J connectivity index is 2.45. The van der Waals surface area contributed by atoms with Crippen molar-refractivity contribution in [3.63, 3.8) is 0 Å². The van der Waals surface area contributed by atoms with Crippen molar-refractivity contribution in [3.8, 4) is 11.6 Å². The number of aromatic nitrogens is 1. The molecule has 1 N–H and O–H groups in total. The minimum Gasteiger partial charge on any atom is -0.477 e. The van der Waals surface area contributed by atoms with Crippen LogP contribution in [0.1, 0.15) is 21.6 Å². The fraction of sp³-hybridized carbons (Fsp3) is 0.143. The lowest BCUT2D eigenvalue weighted by atomic mass is 10.1. The second-order valence-electron chi connectivity index (χ2n) is 4.43. The van der Waals surface area contributed by atoms with Gasteiger partial charge in [0.1, 0.15) is 5.75 Å². The van der Waals surface area contributed by atoms with Crippen LogP contribution in [-0.4, -0.2) is 21.0 Å². The molecule has 0 aliphatic rings. The molecule has 0 spiro atoms. The van der Waals surface area contributed by atoms with Crippen molar-refractivity contribution in [2.45, 2.75) is 13.8 Å². The molecule has 1 heterocycles. The molecule has 0 radical (unpaired) electrons. The normalized spacial score (nSPS) is 10.2. The number of ether oxygens (including phenoxy) is 1. The number of pyridine rings is 1. The molecular formula is C14H12N2O5. The van der Waals surface area contributed by atoms with Crippen molar-refractivity contribution in [1.82, 2.24) is 4.98 Å². The van der Waals surface area contributed by atoms with Crippen LogP contribution in [0.15, 0.2) is 30.3 Å². The molecule has 2 rings (SSSR count). The van der Waals surface area contributed by atoms with E-state index in [1.807, 2.05) is 13.8 Å². The van der Waals surface area contributed by atoms with Crippen molar-refractivity contribution in [1.29, 1.82) is 0 Å². The van der Waals surface area contributed by atoms with Crippen LogP contribution in [0, 0.1) is 24.0 Å². The molecule has 21 heavy (non-hydrogen) atoms. The van der Waals surface area contributed by atoms with Crippen LogP contribution in [0.25, 0.3) is 0 Å². The summed E-state index contributed by atoms with van der Waals surface area (Å²) < 4.78 is 5.38. The van der Waals surface area contributed by atoms with Crippen molar-refractivity contribution < 1.29 is 19.6 Å². The van der Waals surface area contributed by atoms with E-state index in [1.54, 1.807) is 18.2 Å². The zero-order chi connectivity index (χ0) is 15.6. The quantitative estimate of drug-likeness (QED) is 0.685. The summed E-state index contributed by atoms with van der Waals surface area (Å²) in [5.74, 6) is -1.27. The molecule has 0 amide bonds. The number of nitro groups is 1. The number of hydrogen-bond acceptors (Lipinski definition) is 5. The summed E-state index contributed by atoms with van der Waals surface area (Å²) in [7, 11) is 0. The van der Waals surface area contributed by atoms with Crippen molar-refractivity contribution >= 4 is 11.7 Å². The average molecular weight is 288 g/mol. The highest BCUT2D eigenvalue weighted by molar-refractivity contribution is 5.85. The van der Waals surface area contributed by atoms with Gasteiger partial charge in [-0.2, -0.15) is 4.98 Å². The molecule has 0 bridgehead atoms. The summed E-state index contributed by atoms with van der Waals surface area (Å²) in [6.45, 7) is 3.79. The van der Waals surface area contributed by atoms with Crippen molar-refractivity contribution in [2.24, 2.45) is 0 Å². The number of benzene rings is 1. The Morgan fingerprint density at radius 3 is 2.52 bits per heavy atom. The molecule has 0 unspecified atom stereocenters. The van der Waals surface area contributed by atoms with Gasteiger partial charge in [-0.05, 0) is 43.2 Å². The van der Waals surface area contributed by atoms with E-state index in [0.717, 1.165) is 23.3 Å². The first kappa shape index (κ1) is 14.4. The van der Waals surface area contributed by atoms with E-state index in [2.05, 4.69) is 4.98 Å². The third kappa shape index (κ3) is 3.14. The number of nitrogens with zero attached hydrogens (tertiary/aromatic N) is 2. The summed E-state index contributed by atoms with van der Waals surface area (Å²) in [4.78, 5) is 24.9. The maximum Gasteiger partial charge on any atom is 0.354 e. The Morgan fingerprint density at radius 1 is 1.24 bits per heavy atom. The van der Waals surface area contributed by atoms with Gasteiger partial charge in [-0.15, -0.1) is 0 Å². The molecular weight excluding hydrogens is 276 g/mol. The lowest BCUT2D eigenvalue weighted by Crippen LogP contribution is -2.04. The first-order chi connectivity index (χ1) is 9.88. The first-order valence-corrected chi connectivity index (χ1v) is 6.02. The molecule has 7 heteroatoms. The molecule has 1 aromatic heterocycles. The summed E-state index contributed by atoms with van der Waals surface area (Å²) in [5.41, 5.74) is 1.28. The molecule has 0 aliphatic heterocycles. The highest BCUT2D eigenvalue weighted by Crippen LogP contribution is 2.30. The molecule has 2 aromatic rings. The van der Waals surface area contributed by atoms with Crippen LogP contribution >= 0.6 is 0 Å². The summed E-state index contributed by atoms with van der Waals surface area (Å²) in [6.07, 6.45) is 0. The van der Waals surface area contributed by atoms with Crippen LogP contribution < -0.4 is 4.74 Å². The molecule has 1 aromatic carbocycles. The maximum atomic E-state index is 11.0. The van der Waals surface area contributed by atoms with Gasteiger partial charge in [0, 0.05) is 6.07 Å². The Morgan fingerprint density at radius 2 is 1.95 bits per heavy atom. The van der Waals surface area contributed by atoms with Gasteiger partial charge in [0.05, 0.1) is 4.92 Å². The fourth-order valence-electron chi connectivity index (χ4n) is 1.66. The van der Waals surface area contributed by atoms with Crippen molar-refractivity contribution in [2.75, 3.05) is 0 Å². The lowest BCUT2D eigenvalue weighted by molar-refractivity contribution is -0.386. The zero-order valence-electron chi connectivity index (χ0n) is 11.4. The fourth-order valence-corrected chi connectivity index (χ4v) is 1.66. The first-order valence-electron chi connectivity index (χ1n) is 6.02. The molecule has 0 saturated heterocycles. The second-order valence-corrected chi connectivity index (χ2v) is 4.43. The van der Waals surface area contributed by atoms with E-state index in [0.29, 0.717) is 5.75 Å². The molecule has 0 atom stereocenters. The van der Waals surface area contributed by atoms with Gasteiger partial charge >= 0.3 is 11.7 Å². The Bertz CT molecular complexity index is 727. The minimum absolute atomic E-state index is 0.320. The van der Waals surface area contributed by atoms with Crippen LogP contribution in [0.2, 0.25) is 0 Å². The van der Waals surface area contributed by atoms with Crippen LogP contribution in [-0.2, 0) is 0 Å². The van der Waals surface area contributed by atoms with Gasteiger partial charge in [-0.25, -0.2) is 4.79 Å². The highest BCUT2D eigenvalue weighted by atomic mass is 16.6. The van der Waals surface area contributed by atoms with E-state index in [4.69, 9.17) is 9.84 Å². The molecule has 7 nitrogen and oxygen atoms in total. The molecule has 0 fully saturated rings. The zero-order valence-corrected chi connectivity index (χ0v) is 11.4.